The predicted octanol–water partition coefficient (Wildman–Crippen LogP) is 3.17. The number of rotatable bonds is 3. The molecule has 3 aromatic rings. The fourth-order valence-electron chi connectivity index (χ4n) is 2.02. The largest absolute Gasteiger partial charge is 0.398 e. The molecule has 0 atom stereocenters. The first-order valence-corrected chi connectivity index (χ1v) is 6.58. The summed E-state index contributed by atoms with van der Waals surface area (Å²) in [4.78, 5) is 12.6. The fraction of sp³-hybridized carbons (Fsp3) is 0.0625. The highest BCUT2D eigenvalue weighted by atomic mass is 15.0. The van der Waals surface area contributed by atoms with Crippen molar-refractivity contribution in [2.45, 2.75) is 6.92 Å². The van der Waals surface area contributed by atoms with Gasteiger partial charge in [0.1, 0.15) is 12.1 Å². The number of nitrogens with one attached hydrogen (secondary N) is 1. The molecule has 0 radical (unpaired) electrons. The number of nitrogens with two attached hydrogens (primary N) is 1. The van der Waals surface area contributed by atoms with Crippen LogP contribution in [0.25, 0.3) is 11.3 Å². The normalized spacial score (nSPS) is 10.3. The molecule has 0 saturated carbocycles. The number of benzene rings is 1. The van der Waals surface area contributed by atoms with E-state index in [1.165, 1.54) is 6.33 Å². The van der Waals surface area contributed by atoms with E-state index in [9.17, 15) is 0 Å². The quantitative estimate of drug-likeness (QED) is 0.719. The van der Waals surface area contributed by atoms with Crippen LogP contribution in [0.4, 0.5) is 17.2 Å². The zero-order valence-electron chi connectivity index (χ0n) is 11.6. The molecule has 0 saturated heterocycles. The van der Waals surface area contributed by atoms with Crippen LogP contribution in [0.1, 0.15) is 5.56 Å². The monoisotopic (exact) mass is 277 g/mol. The minimum atomic E-state index is 0.736. The maximum Gasteiger partial charge on any atom is 0.139 e. The third-order valence-corrected chi connectivity index (χ3v) is 3.21. The number of anilines is 3. The summed E-state index contributed by atoms with van der Waals surface area (Å²) >= 11 is 0. The van der Waals surface area contributed by atoms with Crippen molar-refractivity contribution in [1.29, 1.82) is 0 Å². The van der Waals surface area contributed by atoms with Gasteiger partial charge in [-0.1, -0.05) is 6.07 Å². The molecule has 0 aliphatic carbocycles. The molecular formula is C16H15N5. The number of pyridine rings is 1. The first-order chi connectivity index (χ1) is 10.2. The van der Waals surface area contributed by atoms with E-state index in [0.717, 1.165) is 34.0 Å². The summed E-state index contributed by atoms with van der Waals surface area (Å²) in [5, 5.41) is 3.29. The Bertz CT molecular complexity index is 756. The van der Waals surface area contributed by atoms with Crippen molar-refractivity contribution < 1.29 is 0 Å². The third-order valence-electron chi connectivity index (χ3n) is 3.21. The van der Waals surface area contributed by atoms with Crippen LogP contribution in [-0.2, 0) is 0 Å². The number of aromatic nitrogens is 3. The molecule has 2 aromatic heterocycles. The molecule has 5 heteroatoms. The van der Waals surface area contributed by atoms with Gasteiger partial charge in [0.2, 0.25) is 0 Å². The smallest absolute Gasteiger partial charge is 0.139 e. The Kier molecular flexibility index (Phi) is 3.47. The van der Waals surface area contributed by atoms with Gasteiger partial charge in [-0.3, -0.25) is 0 Å². The Hall–Kier alpha value is -2.95. The highest BCUT2D eigenvalue weighted by molar-refractivity contribution is 5.76. The van der Waals surface area contributed by atoms with E-state index < -0.39 is 0 Å². The van der Waals surface area contributed by atoms with E-state index in [1.807, 2.05) is 43.3 Å². The van der Waals surface area contributed by atoms with Crippen LogP contribution >= 0.6 is 0 Å². The van der Waals surface area contributed by atoms with E-state index in [1.54, 1.807) is 12.4 Å². The van der Waals surface area contributed by atoms with Crippen molar-refractivity contribution in [3.05, 3.63) is 60.7 Å². The van der Waals surface area contributed by atoms with Gasteiger partial charge in [-0.2, -0.15) is 0 Å². The Balaban J connectivity index is 1.98. The molecule has 0 bridgehead atoms. The van der Waals surface area contributed by atoms with Gasteiger partial charge < -0.3 is 11.1 Å². The molecule has 0 spiro atoms. The Morgan fingerprint density at radius 2 is 1.95 bits per heavy atom. The second-order valence-corrected chi connectivity index (χ2v) is 4.69. The molecule has 0 unspecified atom stereocenters. The van der Waals surface area contributed by atoms with Crippen molar-refractivity contribution in [1.82, 2.24) is 15.0 Å². The van der Waals surface area contributed by atoms with Crippen molar-refractivity contribution in [2.24, 2.45) is 0 Å². The van der Waals surface area contributed by atoms with Crippen LogP contribution in [0.15, 0.2) is 55.1 Å². The molecule has 0 fully saturated rings. The van der Waals surface area contributed by atoms with E-state index in [0.29, 0.717) is 0 Å². The number of nitrogen functional groups attached to an aromatic ring is 1. The summed E-state index contributed by atoms with van der Waals surface area (Å²) in [7, 11) is 0. The van der Waals surface area contributed by atoms with Gasteiger partial charge in [0.15, 0.2) is 0 Å². The number of hydrogen-bond donors (Lipinski definition) is 2. The highest BCUT2D eigenvalue weighted by Gasteiger charge is 2.07. The van der Waals surface area contributed by atoms with Crippen LogP contribution in [0, 0.1) is 6.92 Å². The van der Waals surface area contributed by atoms with Crippen molar-refractivity contribution in [3.63, 3.8) is 0 Å². The van der Waals surface area contributed by atoms with Gasteiger partial charge in [0, 0.05) is 29.3 Å². The fourth-order valence-corrected chi connectivity index (χ4v) is 2.02. The summed E-state index contributed by atoms with van der Waals surface area (Å²) in [6.45, 7) is 1.98. The van der Waals surface area contributed by atoms with Crippen molar-refractivity contribution in [3.8, 4) is 11.3 Å². The summed E-state index contributed by atoms with van der Waals surface area (Å²) < 4.78 is 0. The maximum atomic E-state index is 5.94. The van der Waals surface area contributed by atoms with Gasteiger partial charge in [-0.15, -0.1) is 0 Å². The standard InChI is InChI=1S/C16H15N5/c1-11-4-5-12(9-14(11)17)21-16-13(3-2-7-19-16)15-6-8-18-10-20-15/h2-10H,17H2,1H3,(H,19,21). The van der Waals surface area contributed by atoms with Gasteiger partial charge in [0.05, 0.1) is 5.69 Å². The number of aryl methyl sites for hydroxylation is 1. The predicted molar refractivity (Wildman–Crippen MR) is 84.1 cm³/mol. The van der Waals surface area contributed by atoms with Crippen molar-refractivity contribution >= 4 is 17.2 Å². The summed E-state index contributed by atoms with van der Waals surface area (Å²) in [5.41, 5.74) is 10.4. The minimum Gasteiger partial charge on any atom is -0.398 e. The second kappa shape index (κ2) is 5.58. The lowest BCUT2D eigenvalue weighted by Gasteiger charge is -2.11. The van der Waals surface area contributed by atoms with Crippen LogP contribution in [-0.4, -0.2) is 15.0 Å². The van der Waals surface area contributed by atoms with Crippen molar-refractivity contribution in [2.75, 3.05) is 11.1 Å². The molecule has 3 N–H and O–H groups in total. The Labute approximate surface area is 122 Å². The summed E-state index contributed by atoms with van der Waals surface area (Å²) in [6, 6.07) is 11.6. The summed E-state index contributed by atoms with van der Waals surface area (Å²) in [5.74, 6) is 0.736. The minimum absolute atomic E-state index is 0.736. The SMILES string of the molecule is Cc1ccc(Nc2ncccc2-c2ccncn2)cc1N. The lowest BCUT2D eigenvalue weighted by molar-refractivity contribution is 1.17. The molecule has 104 valence electrons. The third kappa shape index (κ3) is 2.81. The van der Waals surface area contributed by atoms with Gasteiger partial charge in [-0.05, 0) is 42.8 Å². The Morgan fingerprint density at radius 3 is 2.71 bits per heavy atom. The molecule has 0 aliphatic heterocycles. The zero-order valence-corrected chi connectivity index (χ0v) is 11.6. The lowest BCUT2D eigenvalue weighted by Crippen LogP contribution is -1.98. The molecule has 21 heavy (non-hydrogen) atoms. The van der Waals surface area contributed by atoms with Crippen LogP contribution in [0.2, 0.25) is 0 Å². The van der Waals surface area contributed by atoms with Gasteiger partial charge in [-0.25, -0.2) is 15.0 Å². The molecule has 5 nitrogen and oxygen atoms in total. The Morgan fingerprint density at radius 1 is 1.05 bits per heavy atom. The topological polar surface area (TPSA) is 76.7 Å². The van der Waals surface area contributed by atoms with E-state index in [4.69, 9.17) is 5.73 Å². The lowest BCUT2D eigenvalue weighted by atomic mass is 10.1. The molecule has 1 aromatic carbocycles. The zero-order chi connectivity index (χ0) is 14.7. The molecule has 0 aliphatic rings. The van der Waals surface area contributed by atoms with E-state index in [-0.39, 0.29) is 0 Å². The molecule has 2 heterocycles. The number of hydrogen-bond acceptors (Lipinski definition) is 5. The molecular weight excluding hydrogens is 262 g/mol. The van der Waals surface area contributed by atoms with E-state index in [2.05, 4.69) is 20.3 Å². The van der Waals surface area contributed by atoms with E-state index >= 15 is 0 Å². The highest BCUT2D eigenvalue weighted by Crippen LogP contribution is 2.27. The maximum absolute atomic E-state index is 5.94. The first-order valence-electron chi connectivity index (χ1n) is 6.58. The second-order valence-electron chi connectivity index (χ2n) is 4.69. The average molecular weight is 277 g/mol. The first kappa shape index (κ1) is 13.1. The molecule has 0 amide bonds. The summed E-state index contributed by atoms with van der Waals surface area (Å²) in [6.07, 6.45) is 4.98. The van der Waals surface area contributed by atoms with Gasteiger partial charge in [0.25, 0.3) is 0 Å². The van der Waals surface area contributed by atoms with Crippen LogP contribution < -0.4 is 11.1 Å². The van der Waals surface area contributed by atoms with Gasteiger partial charge >= 0.3 is 0 Å². The average Bonchev–Trinajstić information content (AvgIpc) is 2.52. The molecule has 3 rings (SSSR count). The number of nitrogens with zero attached hydrogens (tertiary/aromatic N) is 3. The van der Waals surface area contributed by atoms with Crippen LogP contribution in [0.5, 0.6) is 0 Å². The van der Waals surface area contributed by atoms with Crippen LogP contribution in [0.3, 0.4) is 0 Å².